The molecule has 5 rings (SSSR count). The SMILES string of the molecule is CN(CCc1ccccc1)C(=S)NC12C=CCC(O)=C(F)C1C2.COc1cc2nccc(C)c2cc1OC. The van der Waals surface area contributed by atoms with Crippen molar-refractivity contribution < 1.29 is 19.0 Å². The third-order valence-corrected chi connectivity index (χ3v) is 7.46. The molecule has 0 spiro atoms. The Bertz CT molecular complexity index is 1360. The molecule has 8 heteroatoms. The van der Waals surface area contributed by atoms with Crippen LogP contribution in [0.3, 0.4) is 0 Å². The van der Waals surface area contributed by atoms with Gasteiger partial charge in [0.25, 0.3) is 0 Å². The average molecular weight is 536 g/mol. The number of hydrogen-bond acceptors (Lipinski definition) is 5. The number of halogens is 1. The van der Waals surface area contributed by atoms with E-state index in [0.29, 0.717) is 17.3 Å². The highest BCUT2D eigenvalue weighted by atomic mass is 32.1. The van der Waals surface area contributed by atoms with Gasteiger partial charge in [-0.05, 0) is 55.2 Å². The summed E-state index contributed by atoms with van der Waals surface area (Å²) in [5.41, 5.74) is 2.90. The number of pyridine rings is 1. The quantitative estimate of drug-likeness (QED) is 0.294. The number of aliphatic hydroxyl groups excluding tert-OH is 1. The second kappa shape index (κ2) is 11.8. The summed E-state index contributed by atoms with van der Waals surface area (Å²) in [5, 5.41) is 14.6. The Hall–Kier alpha value is -3.65. The Morgan fingerprint density at radius 2 is 1.89 bits per heavy atom. The van der Waals surface area contributed by atoms with Gasteiger partial charge >= 0.3 is 0 Å². The molecule has 1 fully saturated rings. The molecule has 38 heavy (non-hydrogen) atoms. The lowest BCUT2D eigenvalue weighted by molar-refractivity contribution is 0.356. The molecule has 0 saturated heterocycles. The number of allylic oxidation sites excluding steroid dienone is 1. The first-order valence-corrected chi connectivity index (χ1v) is 13.0. The summed E-state index contributed by atoms with van der Waals surface area (Å²) in [7, 11) is 5.20. The first-order chi connectivity index (χ1) is 18.3. The van der Waals surface area contributed by atoms with E-state index in [-0.39, 0.29) is 18.1 Å². The zero-order valence-electron chi connectivity index (χ0n) is 22.2. The fraction of sp³-hybridized carbons (Fsp3) is 0.333. The number of ether oxygens (including phenoxy) is 2. The number of aryl methyl sites for hydroxylation is 1. The zero-order valence-corrected chi connectivity index (χ0v) is 23.0. The van der Waals surface area contributed by atoms with E-state index in [9.17, 15) is 9.50 Å². The zero-order chi connectivity index (χ0) is 27.3. The topological polar surface area (TPSA) is 66.9 Å². The number of likely N-dealkylation sites (N-methyl/N-ethyl adjacent to an activating group) is 1. The summed E-state index contributed by atoms with van der Waals surface area (Å²) in [6, 6.07) is 16.1. The van der Waals surface area contributed by atoms with E-state index in [2.05, 4.69) is 29.4 Å². The van der Waals surface area contributed by atoms with E-state index in [1.807, 2.05) is 60.5 Å². The lowest BCUT2D eigenvalue weighted by Crippen LogP contribution is -2.45. The highest BCUT2D eigenvalue weighted by Gasteiger charge is 2.57. The largest absolute Gasteiger partial charge is 0.509 e. The molecule has 200 valence electrons. The van der Waals surface area contributed by atoms with E-state index >= 15 is 0 Å². The second-order valence-corrected chi connectivity index (χ2v) is 10.0. The maximum Gasteiger partial charge on any atom is 0.169 e. The first-order valence-electron chi connectivity index (χ1n) is 12.6. The third kappa shape index (κ3) is 6.07. The molecule has 2 aliphatic rings. The number of fused-ring (bicyclic) bond motifs is 2. The van der Waals surface area contributed by atoms with E-state index < -0.39 is 11.4 Å². The molecule has 0 radical (unpaired) electrons. The fourth-order valence-corrected chi connectivity index (χ4v) is 4.87. The molecule has 1 saturated carbocycles. The fourth-order valence-electron chi connectivity index (χ4n) is 4.59. The average Bonchev–Trinajstić information content (AvgIpc) is 3.65. The summed E-state index contributed by atoms with van der Waals surface area (Å²) in [6.07, 6.45) is 7.33. The Kier molecular flexibility index (Phi) is 8.52. The number of methoxy groups -OCH3 is 2. The van der Waals surface area contributed by atoms with Crippen molar-refractivity contribution in [3.8, 4) is 11.5 Å². The van der Waals surface area contributed by atoms with Gasteiger partial charge in [0.05, 0.1) is 25.3 Å². The van der Waals surface area contributed by atoms with Crippen LogP contribution in [0.25, 0.3) is 10.9 Å². The molecule has 2 N–H and O–H groups in total. The van der Waals surface area contributed by atoms with E-state index in [4.69, 9.17) is 21.7 Å². The highest BCUT2D eigenvalue weighted by Crippen LogP contribution is 2.52. The van der Waals surface area contributed by atoms with Crippen LogP contribution in [0, 0.1) is 12.8 Å². The molecule has 0 aliphatic heterocycles. The van der Waals surface area contributed by atoms with Crippen LogP contribution in [-0.4, -0.2) is 53.5 Å². The molecule has 0 amide bonds. The minimum Gasteiger partial charge on any atom is -0.509 e. The lowest BCUT2D eigenvalue weighted by atomic mass is 10.1. The predicted molar refractivity (Wildman–Crippen MR) is 153 cm³/mol. The summed E-state index contributed by atoms with van der Waals surface area (Å²) < 4.78 is 24.5. The minimum absolute atomic E-state index is 0.157. The van der Waals surface area contributed by atoms with E-state index in [1.165, 1.54) is 11.1 Å². The number of benzene rings is 2. The van der Waals surface area contributed by atoms with Crippen molar-refractivity contribution in [1.29, 1.82) is 0 Å². The Balaban J connectivity index is 0.000000194. The summed E-state index contributed by atoms with van der Waals surface area (Å²) in [5.74, 6) is 0.582. The van der Waals surface area contributed by atoms with Gasteiger partial charge in [-0.1, -0.05) is 42.5 Å². The van der Waals surface area contributed by atoms with E-state index in [1.54, 1.807) is 20.4 Å². The number of nitrogens with zero attached hydrogens (tertiary/aromatic N) is 2. The Labute approximate surface area is 228 Å². The number of hydrogen-bond donors (Lipinski definition) is 2. The van der Waals surface area contributed by atoms with Crippen LogP contribution in [0.15, 0.2) is 78.5 Å². The monoisotopic (exact) mass is 535 g/mol. The molecule has 2 aliphatic carbocycles. The lowest BCUT2D eigenvalue weighted by Gasteiger charge is -2.25. The van der Waals surface area contributed by atoms with Crippen molar-refractivity contribution in [2.45, 2.75) is 31.7 Å². The maximum atomic E-state index is 14.0. The van der Waals surface area contributed by atoms with Crippen LogP contribution in [-0.2, 0) is 6.42 Å². The normalized spacial score (nSPS) is 19.6. The molecule has 3 aromatic rings. The molecule has 2 unspecified atom stereocenters. The summed E-state index contributed by atoms with van der Waals surface area (Å²) >= 11 is 5.46. The number of aliphatic hydroxyl groups is 1. The molecular weight excluding hydrogens is 501 g/mol. The van der Waals surface area contributed by atoms with Crippen LogP contribution in [0.1, 0.15) is 24.0 Å². The molecule has 6 nitrogen and oxygen atoms in total. The number of aromatic nitrogens is 1. The van der Waals surface area contributed by atoms with Gasteiger partial charge < -0.3 is 24.8 Å². The van der Waals surface area contributed by atoms with Gasteiger partial charge in [-0.3, -0.25) is 4.98 Å². The van der Waals surface area contributed by atoms with Crippen molar-refractivity contribution in [2.75, 3.05) is 27.8 Å². The molecular formula is C30H34FN3O3S. The van der Waals surface area contributed by atoms with Gasteiger partial charge in [0.15, 0.2) is 16.6 Å². The number of rotatable bonds is 6. The van der Waals surface area contributed by atoms with Crippen LogP contribution in [0.2, 0.25) is 0 Å². The molecule has 0 bridgehead atoms. The van der Waals surface area contributed by atoms with Crippen LogP contribution < -0.4 is 14.8 Å². The van der Waals surface area contributed by atoms with Crippen LogP contribution in [0.4, 0.5) is 4.39 Å². The van der Waals surface area contributed by atoms with Gasteiger partial charge in [-0.2, -0.15) is 0 Å². The van der Waals surface area contributed by atoms with Crippen molar-refractivity contribution >= 4 is 28.2 Å². The van der Waals surface area contributed by atoms with Gasteiger partial charge in [0, 0.05) is 43.6 Å². The van der Waals surface area contributed by atoms with Gasteiger partial charge in [-0.15, -0.1) is 0 Å². The standard InChI is InChI=1S/C18H21FN2OS.C12H13NO2/c1-21(11-9-13-6-3-2-4-7-13)17(23)20-18-10-5-8-15(22)16(19)14(18)12-18;1-8-4-5-13-10-7-12(15-3)11(14-2)6-9(8)10/h2-7,10,14,22H,8-9,11-12H2,1H3,(H,20,23);4-7H,1-3H3. The van der Waals surface area contributed by atoms with Crippen molar-refractivity contribution in [3.63, 3.8) is 0 Å². The minimum atomic E-state index is -0.466. The van der Waals surface area contributed by atoms with Gasteiger partial charge in [0.2, 0.25) is 0 Å². The number of thiocarbonyl (C=S) groups is 1. The third-order valence-electron chi connectivity index (χ3n) is 7.04. The highest BCUT2D eigenvalue weighted by molar-refractivity contribution is 7.80. The Morgan fingerprint density at radius 3 is 2.61 bits per heavy atom. The van der Waals surface area contributed by atoms with Crippen molar-refractivity contribution in [3.05, 3.63) is 89.6 Å². The van der Waals surface area contributed by atoms with Gasteiger partial charge in [0.1, 0.15) is 11.6 Å². The maximum absolute atomic E-state index is 14.0. The van der Waals surface area contributed by atoms with Crippen LogP contribution in [0.5, 0.6) is 11.5 Å². The smallest absolute Gasteiger partial charge is 0.169 e. The molecule has 2 atom stereocenters. The second-order valence-electron chi connectivity index (χ2n) is 9.64. The van der Waals surface area contributed by atoms with E-state index in [0.717, 1.165) is 29.6 Å². The predicted octanol–water partition coefficient (Wildman–Crippen LogP) is 6.05. The summed E-state index contributed by atoms with van der Waals surface area (Å²) in [4.78, 5) is 6.27. The molecule has 1 aromatic heterocycles. The van der Waals surface area contributed by atoms with Gasteiger partial charge in [-0.25, -0.2) is 4.39 Å². The van der Waals surface area contributed by atoms with Crippen LogP contribution >= 0.6 is 12.2 Å². The number of nitrogens with one attached hydrogen (secondary N) is 1. The molecule has 2 aromatic carbocycles. The first kappa shape index (κ1) is 27.4. The van der Waals surface area contributed by atoms with Crippen molar-refractivity contribution in [1.82, 2.24) is 15.2 Å². The van der Waals surface area contributed by atoms with Crippen molar-refractivity contribution in [2.24, 2.45) is 5.92 Å². The summed E-state index contributed by atoms with van der Waals surface area (Å²) in [6.45, 7) is 2.85. The Morgan fingerprint density at radius 1 is 1.18 bits per heavy atom. The molecule has 1 heterocycles.